The van der Waals surface area contributed by atoms with Crippen LogP contribution in [0.15, 0.2) is 101 Å². The van der Waals surface area contributed by atoms with Crippen LogP contribution in [0, 0.1) is 5.92 Å². The first kappa shape index (κ1) is 22.6. The number of Topliss-reactive ketones (excluding diaryl/α,β-unsaturated/α-hetero) is 1. The minimum absolute atomic E-state index is 0.0582. The molecule has 0 amide bonds. The fourth-order valence-electron chi connectivity index (χ4n) is 3.83. The molecule has 168 valence electrons. The number of hydrogen-bond donors (Lipinski definition) is 1. The molecule has 0 aliphatic heterocycles. The number of allylic oxidation sites excluding steroid dienone is 1. The fourth-order valence-corrected chi connectivity index (χ4v) is 4.96. The molecule has 5 nitrogen and oxygen atoms in total. The minimum atomic E-state index is -3.60. The van der Waals surface area contributed by atoms with Crippen LogP contribution < -0.4 is 4.74 Å². The number of methoxy groups -OCH3 is 1. The summed E-state index contributed by atoms with van der Waals surface area (Å²) in [4.78, 5) is 16.6. The molecular weight excluding hydrogens is 434 g/mol. The second kappa shape index (κ2) is 9.88. The Morgan fingerprint density at radius 1 is 1.00 bits per heavy atom. The van der Waals surface area contributed by atoms with E-state index in [1.165, 1.54) is 5.41 Å². The van der Waals surface area contributed by atoms with Crippen molar-refractivity contribution in [3.05, 3.63) is 108 Å². The lowest BCUT2D eigenvalue weighted by Gasteiger charge is -2.12. The Morgan fingerprint density at radius 2 is 1.70 bits per heavy atom. The Morgan fingerprint density at radius 3 is 2.39 bits per heavy atom. The molecule has 0 aliphatic rings. The van der Waals surface area contributed by atoms with Crippen LogP contribution in [0.2, 0.25) is 0 Å². The highest BCUT2D eigenvalue weighted by Gasteiger charge is 2.19. The first-order chi connectivity index (χ1) is 16.0. The van der Waals surface area contributed by atoms with E-state index in [-0.39, 0.29) is 23.0 Å². The fraction of sp³-hybridized carbons (Fsp3) is 0.148. The zero-order valence-corrected chi connectivity index (χ0v) is 19.1. The third kappa shape index (κ3) is 5.41. The highest BCUT2D eigenvalue weighted by atomic mass is 32.2. The van der Waals surface area contributed by atoms with Crippen LogP contribution in [-0.4, -0.2) is 26.3 Å². The van der Waals surface area contributed by atoms with Crippen molar-refractivity contribution in [2.45, 2.75) is 17.7 Å². The number of aromatic nitrogens is 1. The van der Waals surface area contributed by atoms with Gasteiger partial charge in [0, 0.05) is 34.5 Å². The number of ketones is 1. The van der Waals surface area contributed by atoms with Crippen LogP contribution in [-0.2, 0) is 16.3 Å². The van der Waals surface area contributed by atoms with Crippen molar-refractivity contribution in [2.75, 3.05) is 7.11 Å². The van der Waals surface area contributed by atoms with E-state index < -0.39 is 9.84 Å². The van der Waals surface area contributed by atoms with Crippen LogP contribution in [0.4, 0.5) is 0 Å². The summed E-state index contributed by atoms with van der Waals surface area (Å²) in [7, 11) is -2.01. The van der Waals surface area contributed by atoms with Crippen LogP contribution in [0.3, 0.4) is 0 Å². The normalized spacial score (nSPS) is 12.8. The molecule has 3 aromatic carbocycles. The van der Waals surface area contributed by atoms with Gasteiger partial charge in [-0.25, -0.2) is 8.42 Å². The Kier molecular flexibility index (Phi) is 6.75. The SMILES string of the molecule is COc1ccc2[nH]cc(C(=O)C[C@H](/C=C/S(=O)(=O)c3ccccc3)Cc3ccccc3)c2c1. The molecule has 0 aliphatic carbocycles. The number of nitrogens with one attached hydrogen (secondary N) is 1. The molecule has 1 atom stereocenters. The Balaban J connectivity index is 1.62. The van der Waals surface area contributed by atoms with Gasteiger partial charge in [0.1, 0.15) is 5.75 Å². The molecule has 0 bridgehead atoms. The van der Waals surface area contributed by atoms with Gasteiger partial charge < -0.3 is 9.72 Å². The molecule has 1 heterocycles. The first-order valence-corrected chi connectivity index (χ1v) is 12.2. The Labute approximate surface area is 193 Å². The summed E-state index contributed by atoms with van der Waals surface area (Å²) in [6, 6.07) is 23.6. The second-order valence-electron chi connectivity index (χ2n) is 7.88. The van der Waals surface area contributed by atoms with E-state index in [4.69, 9.17) is 4.74 Å². The maximum atomic E-state index is 13.3. The number of sulfone groups is 1. The summed E-state index contributed by atoms with van der Waals surface area (Å²) in [5.74, 6) is 0.331. The molecule has 0 fully saturated rings. The third-order valence-electron chi connectivity index (χ3n) is 5.58. The van der Waals surface area contributed by atoms with Crippen molar-refractivity contribution >= 4 is 26.5 Å². The molecule has 1 aromatic heterocycles. The lowest BCUT2D eigenvalue weighted by Crippen LogP contribution is -2.10. The lowest BCUT2D eigenvalue weighted by molar-refractivity contribution is 0.0971. The van der Waals surface area contributed by atoms with Crippen molar-refractivity contribution in [3.8, 4) is 5.75 Å². The molecule has 0 spiro atoms. The smallest absolute Gasteiger partial charge is 0.199 e. The number of rotatable bonds is 9. The van der Waals surface area contributed by atoms with E-state index in [0.29, 0.717) is 17.7 Å². The average Bonchev–Trinajstić information content (AvgIpc) is 3.27. The lowest BCUT2D eigenvalue weighted by atomic mass is 9.92. The van der Waals surface area contributed by atoms with Gasteiger partial charge in [0.05, 0.1) is 12.0 Å². The number of hydrogen-bond acceptors (Lipinski definition) is 4. The monoisotopic (exact) mass is 459 g/mol. The van der Waals surface area contributed by atoms with Gasteiger partial charge in [0.2, 0.25) is 0 Å². The van der Waals surface area contributed by atoms with Crippen LogP contribution in [0.25, 0.3) is 10.9 Å². The molecule has 0 radical (unpaired) electrons. The largest absolute Gasteiger partial charge is 0.497 e. The van der Waals surface area contributed by atoms with E-state index in [1.54, 1.807) is 49.7 Å². The summed E-state index contributed by atoms with van der Waals surface area (Å²) >= 11 is 0. The topological polar surface area (TPSA) is 76.2 Å². The quantitative estimate of drug-likeness (QED) is 0.331. The Hall–Kier alpha value is -3.64. The third-order valence-corrected chi connectivity index (χ3v) is 7.02. The average molecular weight is 460 g/mol. The number of benzene rings is 3. The van der Waals surface area contributed by atoms with Gasteiger partial charge in [-0.15, -0.1) is 0 Å². The van der Waals surface area contributed by atoms with E-state index in [0.717, 1.165) is 16.5 Å². The van der Waals surface area contributed by atoms with Crippen molar-refractivity contribution in [3.63, 3.8) is 0 Å². The highest BCUT2D eigenvalue weighted by Crippen LogP contribution is 2.27. The molecule has 6 heteroatoms. The molecule has 0 saturated carbocycles. The minimum Gasteiger partial charge on any atom is -0.497 e. The zero-order chi connectivity index (χ0) is 23.3. The number of fused-ring (bicyclic) bond motifs is 1. The predicted octanol–water partition coefficient (Wildman–Crippen LogP) is 5.60. The number of ether oxygens (including phenoxy) is 1. The maximum absolute atomic E-state index is 13.3. The van der Waals surface area contributed by atoms with E-state index >= 15 is 0 Å². The maximum Gasteiger partial charge on any atom is 0.199 e. The number of carbonyl (C=O) groups excluding carboxylic acids is 1. The summed E-state index contributed by atoms with van der Waals surface area (Å²) in [6.45, 7) is 0. The summed E-state index contributed by atoms with van der Waals surface area (Å²) in [5, 5.41) is 2.01. The van der Waals surface area contributed by atoms with Gasteiger partial charge in [-0.3, -0.25) is 4.79 Å². The van der Waals surface area contributed by atoms with Crippen molar-refractivity contribution in [1.82, 2.24) is 4.98 Å². The highest BCUT2D eigenvalue weighted by molar-refractivity contribution is 7.94. The van der Waals surface area contributed by atoms with Gasteiger partial charge in [0.15, 0.2) is 15.6 Å². The van der Waals surface area contributed by atoms with E-state index in [9.17, 15) is 13.2 Å². The molecule has 0 saturated heterocycles. The van der Waals surface area contributed by atoms with Gasteiger partial charge >= 0.3 is 0 Å². The molecular formula is C27H25NO4S. The Bertz CT molecular complexity index is 1370. The van der Waals surface area contributed by atoms with Gasteiger partial charge in [-0.05, 0) is 48.2 Å². The summed E-state index contributed by atoms with van der Waals surface area (Å²) in [6.07, 6.45) is 4.08. The number of H-pyrrole nitrogens is 1. The van der Waals surface area contributed by atoms with Crippen molar-refractivity contribution < 1.29 is 17.9 Å². The second-order valence-corrected chi connectivity index (χ2v) is 9.71. The number of aromatic amines is 1. The zero-order valence-electron chi connectivity index (χ0n) is 18.3. The predicted molar refractivity (Wildman–Crippen MR) is 130 cm³/mol. The summed E-state index contributed by atoms with van der Waals surface area (Å²) in [5.41, 5.74) is 2.46. The molecule has 1 N–H and O–H groups in total. The standard InChI is InChI=1S/C27H25NO4S/c1-32-22-12-13-26-24(18-22)25(19-28-26)27(29)17-21(16-20-8-4-2-5-9-20)14-15-33(30,31)23-10-6-3-7-11-23/h2-15,18-19,21,28H,16-17H2,1H3/b15-14+/t21-/m1/s1. The van der Waals surface area contributed by atoms with Crippen LogP contribution >= 0.6 is 0 Å². The molecule has 33 heavy (non-hydrogen) atoms. The van der Waals surface area contributed by atoms with Crippen molar-refractivity contribution in [2.24, 2.45) is 5.92 Å². The number of carbonyl (C=O) groups is 1. The summed E-state index contributed by atoms with van der Waals surface area (Å²) < 4.78 is 30.8. The van der Waals surface area contributed by atoms with Crippen molar-refractivity contribution in [1.29, 1.82) is 0 Å². The van der Waals surface area contributed by atoms with Crippen LogP contribution in [0.1, 0.15) is 22.3 Å². The van der Waals surface area contributed by atoms with Gasteiger partial charge in [-0.2, -0.15) is 0 Å². The molecule has 0 unspecified atom stereocenters. The van der Waals surface area contributed by atoms with E-state index in [1.807, 2.05) is 48.5 Å². The molecule has 4 aromatic rings. The first-order valence-electron chi connectivity index (χ1n) is 10.7. The van der Waals surface area contributed by atoms with Gasteiger partial charge in [0.25, 0.3) is 0 Å². The van der Waals surface area contributed by atoms with Gasteiger partial charge in [-0.1, -0.05) is 54.6 Å². The molecule has 4 rings (SSSR count). The van der Waals surface area contributed by atoms with E-state index in [2.05, 4.69) is 4.98 Å². The van der Waals surface area contributed by atoms with Crippen LogP contribution in [0.5, 0.6) is 5.75 Å².